The highest BCUT2D eigenvalue weighted by Gasteiger charge is 2.39. The number of nitrogens with one attached hydrogen (secondary N) is 1. The van der Waals surface area contributed by atoms with Crippen molar-refractivity contribution in [1.82, 2.24) is 5.32 Å². The van der Waals surface area contributed by atoms with Crippen molar-refractivity contribution in [2.75, 3.05) is 12.0 Å². The van der Waals surface area contributed by atoms with Crippen molar-refractivity contribution in [2.45, 2.75) is 37.8 Å². The van der Waals surface area contributed by atoms with Crippen LogP contribution in [0, 0.1) is 5.92 Å². The molecule has 7 nitrogen and oxygen atoms in total. The van der Waals surface area contributed by atoms with Crippen LogP contribution in [0.3, 0.4) is 0 Å². The van der Waals surface area contributed by atoms with E-state index >= 15 is 0 Å². The van der Waals surface area contributed by atoms with Crippen LogP contribution in [0.15, 0.2) is 29.3 Å². The van der Waals surface area contributed by atoms with E-state index in [4.69, 9.17) is 17.0 Å². The molecular weight excluding hydrogens is 352 g/mol. The molecule has 1 aromatic rings. The van der Waals surface area contributed by atoms with Crippen molar-refractivity contribution in [2.24, 2.45) is 10.9 Å². The molecule has 1 saturated heterocycles. The molecule has 3 atom stereocenters. The highest BCUT2D eigenvalue weighted by atomic mass is 32.1. The van der Waals surface area contributed by atoms with Crippen LogP contribution < -0.4 is 20.7 Å². The number of para-hydroxylation sites is 2. The Kier molecular flexibility index (Phi) is 5.63. The predicted molar refractivity (Wildman–Crippen MR) is 102 cm³/mol. The van der Waals surface area contributed by atoms with Crippen LogP contribution in [0.1, 0.15) is 25.7 Å². The average Bonchev–Trinajstić information content (AvgIpc) is 2.63. The van der Waals surface area contributed by atoms with Crippen LogP contribution in [0.25, 0.3) is 0 Å². The number of hydrogen-bond donors (Lipinski definition) is 2. The summed E-state index contributed by atoms with van der Waals surface area (Å²) >= 11 is 5.21. The first-order valence-corrected chi connectivity index (χ1v) is 9.12. The fourth-order valence-electron chi connectivity index (χ4n) is 3.35. The number of ether oxygens (including phenoxy) is 1. The lowest BCUT2D eigenvalue weighted by molar-refractivity contribution is -0.428. The normalized spacial score (nSPS) is 26.9. The number of quaternary nitrogens is 1. The molecular formula is C18H23N4O3S+. The number of carbonyl (C=O) groups is 2. The van der Waals surface area contributed by atoms with E-state index in [9.17, 15) is 9.59 Å². The van der Waals surface area contributed by atoms with Crippen LogP contribution in [0.4, 0.5) is 5.69 Å². The molecule has 0 unspecified atom stereocenters. The summed E-state index contributed by atoms with van der Waals surface area (Å²) in [4.78, 5) is 31.1. The van der Waals surface area contributed by atoms with Crippen molar-refractivity contribution in [3.05, 3.63) is 24.3 Å². The van der Waals surface area contributed by atoms with Gasteiger partial charge in [-0.3, -0.25) is 19.5 Å². The highest BCUT2D eigenvalue weighted by molar-refractivity contribution is 7.80. The van der Waals surface area contributed by atoms with Crippen LogP contribution in [-0.4, -0.2) is 42.3 Å². The van der Waals surface area contributed by atoms with Gasteiger partial charge in [0.2, 0.25) is 5.91 Å². The first-order chi connectivity index (χ1) is 12.5. The van der Waals surface area contributed by atoms with Gasteiger partial charge in [0.15, 0.2) is 11.0 Å². The standard InChI is InChI=1S/C18H22N4O3S/c1-25-15-9-5-4-8-14(15)22-17(24)11(16(23)21-18(22)26)10-20-13-7-3-2-6-12(13)19/h4-5,8-13H,2-3,6-7,19H2,1H3,(H,21,23,26)/p+1/t11-,12+,13-/m1/s1. The predicted octanol–water partition coefficient (Wildman–Crippen LogP) is 0.683. The summed E-state index contributed by atoms with van der Waals surface area (Å²) < 4.78 is 5.32. The van der Waals surface area contributed by atoms with Crippen LogP contribution in [0.5, 0.6) is 5.75 Å². The van der Waals surface area contributed by atoms with E-state index in [0.29, 0.717) is 11.4 Å². The smallest absolute Gasteiger partial charge is 0.251 e. The van der Waals surface area contributed by atoms with Gasteiger partial charge in [0.25, 0.3) is 5.91 Å². The molecule has 1 heterocycles. The number of anilines is 1. The molecule has 8 heteroatoms. The van der Waals surface area contributed by atoms with Gasteiger partial charge in [0.1, 0.15) is 17.8 Å². The van der Waals surface area contributed by atoms with Gasteiger partial charge in [0, 0.05) is 12.6 Å². The minimum absolute atomic E-state index is 0.0434. The van der Waals surface area contributed by atoms with Crippen molar-refractivity contribution < 1.29 is 20.1 Å². The zero-order valence-electron chi connectivity index (χ0n) is 14.7. The van der Waals surface area contributed by atoms with Gasteiger partial charge in [-0.25, -0.2) is 0 Å². The molecule has 2 fully saturated rings. The van der Waals surface area contributed by atoms with Crippen molar-refractivity contribution in [3.8, 4) is 5.75 Å². The summed E-state index contributed by atoms with van der Waals surface area (Å²) in [5.41, 5.74) is 4.63. The first-order valence-electron chi connectivity index (χ1n) is 8.71. The van der Waals surface area contributed by atoms with Gasteiger partial charge in [-0.2, -0.15) is 0 Å². The lowest BCUT2D eigenvalue weighted by Crippen LogP contribution is -2.66. The number of methoxy groups -OCH3 is 1. The van der Waals surface area contributed by atoms with E-state index in [-0.39, 0.29) is 17.2 Å². The number of hydrogen-bond acceptors (Lipinski definition) is 5. The Bertz CT molecular complexity index is 752. The maximum Gasteiger partial charge on any atom is 0.251 e. The number of nitrogens with zero attached hydrogens (tertiary/aromatic N) is 2. The van der Waals surface area contributed by atoms with Gasteiger partial charge in [-0.15, -0.1) is 0 Å². The minimum atomic E-state index is -1.01. The fourth-order valence-corrected chi connectivity index (χ4v) is 3.63. The second-order valence-electron chi connectivity index (χ2n) is 6.53. The largest absolute Gasteiger partial charge is 0.495 e. The maximum absolute atomic E-state index is 13.0. The maximum atomic E-state index is 13.0. The van der Waals surface area contributed by atoms with Crippen LogP contribution in [0.2, 0.25) is 0 Å². The van der Waals surface area contributed by atoms with Crippen molar-refractivity contribution in [1.29, 1.82) is 0 Å². The molecule has 0 bridgehead atoms. The Morgan fingerprint density at radius 3 is 2.77 bits per heavy atom. The van der Waals surface area contributed by atoms with E-state index < -0.39 is 17.7 Å². The van der Waals surface area contributed by atoms with Crippen LogP contribution in [-0.2, 0) is 9.59 Å². The van der Waals surface area contributed by atoms with Gasteiger partial charge in [-0.05, 0) is 37.2 Å². The topological polar surface area (TPSA) is 98.6 Å². The summed E-state index contributed by atoms with van der Waals surface area (Å²) in [5, 5.41) is 2.64. The van der Waals surface area contributed by atoms with Gasteiger partial charge < -0.3 is 15.8 Å². The molecule has 26 heavy (non-hydrogen) atoms. The average molecular weight is 375 g/mol. The molecule has 1 saturated carbocycles. The van der Waals surface area contributed by atoms with E-state index in [1.54, 1.807) is 24.3 Å². The van der Waals surface area contributed by atoms with E-state index in [0.717, 1.165) is 25.7 Å². The number of carbonyl (C=O) groups excluding carboxylic acids is 2. The van der Waals surface area contributed by atoms with Gasteiger partial charge in [0.05, 0.1) is 12.8 Å². The Morgan fingerprint density at radius 2 is 2.04 bits per heavy atom. The molecule has 4 N–H and O–H groups in total. The van der Waals surface area contributed by atoms with Crippen LogP contribution >= 0.6 is 12.2 Å². The summed E-state index contributed by atoms with van der Waals surface area (Å²) in [6.45, 7) is 0. The number of thiocarbonyl (C=S) groups is 1. The fraction of sp³-hybridized carbons (Fsp3) is 0.444. The lowest BCUT2D eigenvalue weighted by atomic mass is 9.91. The molecule has 0 spiro atoms. The Balaban J connectivity index is 1.86. The molecule has 2 aliphatic rings. The second kappa shape index (κ2) is 7.92. The third kappa shape index (κ3) is 3.61. The molecule has 1 aromatic carbocycles. The zero-order valence-corrected chi connectivity index (χ0v) is 15.5. The number of rotatable bonds is 4. The first kappa shape index (κ1) is 18.5. The number of aliphatic imine (C=N–C) groups is 1. The molecule has 0 aromatic heterocycles. The summed E-state index contributed by atoms with van der Waals surface area (Å²) in [6.07, 6.45) is 5.65. The zero-order chi connectivity index (χ0) is 18.7. The highest BCUT2D eigenvalue weighted by Crippen LogP contribution is 2.30. The summed E-state index contributed by atoms with van der Waals surface area (Å²) in [5.74, 6) is -1.39. The van der Waals surface area contributed by atoms with E-state index in [2.05, 4.69) is 16.0 Å². The van der Waals surface area contributed by atoms with E-state index in [1.807, 2.05) is 0 Å². The SMILES string of the molecule is COc1ccccc1N1C(=O)[C@H](C=N[C@@H]2CCCC[C@@H]2[NH3+])C(=O)NC1=S. The Labute approximate surface area is 157 Å². The minimum Gasteiger partial charge on any atom is -0.495 e. The second-order valence-corrected chi connectivity index (χ2v) is 6.91. The van der Waals surface area contributed by atoms with Crippen molar-refractivity contribution in [3.63, 3.8) is 0 Å². The summed E-state index contributed by atoms with van der Waals surface area (Å²) in [6, 6.07) is 7.31. The molecule has 2 amide bonds. The Hall–Kier alpha value is -2.32. The molecule has 1 aliphatic heterocycles. The number of benzene rings is 1. The molecule has 3 rings (SSSR count). The van der Waals surface area contributed by atoms with Crippen molar-refractivity contribution >= 4 is 41.0 Å². The third-order valence-electron chi connectivity index (χ3n) is 4.82. The Morgan fingerprint density at radius 1 is 1.31 bits per heavy atom. The number of amides is 2. The summed E-state index contributed by atoms with van der Waals surface area (Å²) in [7, 11) is 1.52. The van der Waals surface area contributed by atoms with Gasteiger partial charge >= 0.3 is 0 Å². The lowest BCUT2D eigenvalue weighted by Gasteiger charge is -2.32. The monoisotopic (exact) mass is 375 g/mol. The van der Waals surface area contributed by atoms with E-state index in [1.165, 1.54) is 18.2 Å². The quantitative estimate of drug-likeness (QED) is 0.459. The molecule has 138 valence electrons. The molecule has 0 radical (unpaired) electrons. The third-order valence-corrected chi connectivity index (χ3v) is 5.11. The van der Waals surface area contributed by atoms with Gasteiger partial charge in [-0.1, -0.05) is 18.6 Å². The molecule has 1 aliphatic carbocycles.